The molecule has 326 valence electrons. The molecular formula is C68H20N2O4. The first kappa shape index (κ1) is 30.3. The molecule has 0 N–H and O–H groups in total. The summed E-state index contributed by atoms with van der Waals surface area (Å²) in [6.07, 6.45) is -0.149. The Bertz CT molecular complexity index is 7350. The van der Waals surface area contributed by atoms with Gasteiger partial charge in [-0.3, -0.25) is 0 Å². The quantitative estimate of drug-likeness (QED) is 0.101. The van der Waals surface area contributed by atoms with Crippen LogP contribution in [0.25, 0.3) is 291 Å². The molecule has 2 atom stereocenters. The maximum Gasteiger partial charge on any atom is 0.120 e. The first-order valence-electron chi connectivity index (χ1n) is 27.3. The molecule has 0 spiro atoms. The van der Waals surface area contributed by atoms with Crippen molar-refractivity contribution >= 4 is 297 Å². The smallest absolute Gasteiger partial charge is 0.120 e. The second-order valence-electron chi connectivity index (χ2n) is 25.7. The zero-order valence-corrected chi connectivity index (χ0v) is 38.9. The highest BCUT2D eigenvalue weighted by Crippen LogP contribution is 2.81. The lowest BCUT2D eigenvalue weighted by atomic mass is 9.80. The van der Waals surface area contributed by atoms with Gasteiger partial charge in [0.2, 0.25) is 0 Å². The van der Waals surface area contributed by atoms with Crippen molar-refractivity contribution in [3.05, 3.63) is 16.7 Å². The highest BCUT2D eigenvalue weighted by molar-refractivity contribution is 6.82. The molecule has 6 heteroatoms. The van der Waals surface area contributed by atoms with E-state index in [-0.39, 0.29) is 12.2 Å². The fraction of sp³-hybridized carbons (Fsp3) is 0.147. The van der Waals surface area contributed by atoms with E-state index in [2.05, 4.69) is 9.80 Å². The lowest BCUT2D eigenvalue weighted by Gasteiger charge is -2.42. The van der Waals surface area contributed by atoms with Gasteiger partial charge in [0.25, 0.3) is 0 Å². The Morgan fingerprint density at radius 2 is 0.473 bits per heavy atom. The minimum absolute atomic E-state index is 0.0329. The number of ether oxygens (including phenoxy) is 4. The van der Waals surface area contributed by atoms with E-state index in [9.17, 15) is 0 Å². The lowest BCUT2D eigenvalue weighted by Crippen LogP contribution is -2.44. The van der Waals surface area contributed by atoms with Crippen LogP contribution in [-0.2, 0) is 18.9 Å². The second-order valence-corrected chi connectivity index (χ2v) is 25.7. The van der Waals surface area contributed by atoms with Crippen LogP contribution in [-0.4, -0.2) is 59.0 Å². The Labute approximate surface area is 406 Å². The Hall–Kier alpha value is -7.94. The van der Waals surface area contributed by atoms with Crippen LogP contribution in [0.4, 0.5) is 5.69 Å². The first-order chi connectivity index (χ1) is 36.9. The SMILES string of the molecule is COCCOCN1c2c3c4c5c6c7c8c9c%10c(c%11c%12c2c2c%13c3c3c5c5c6c6c%14c7c9c7c9c%10c%11c%10c%11c%12c2c2c%12c%13c3c3c5c5c6c6c%14c7c7c9c%10c9c%11c2c2c%12c3c5c3c6c7c9c23)C1N(COCCOC)C48. The number of rotatable bonds is 10. The summed E-state index contributed by atoms with van der Waals surface area (Å²) in [5.74, 6) is 0. The van der Waals surface area contributed by atoms with Crippen molar-refractivity contribution in [2.24, 2.45) is 0 Å². The summed E-state index contributed by atoms with van der Waals surface area (Å²) < 4.78 is 25.8. The van der Waals surface area contributed by atoms with Gasteiger partial charge in [-0.15, -0.1) is 0 Å². The Morgan fingerprint density at radius 1 is 0.243 bits per heavy atom. The van der Waals surface area contributed by atoms with Gasteiger partial charge in [-0.1, -0.05) is 0 Å². The summed E-state index contributed by atoms with van der Waals surface area (Å²) in [4.78, 5) is 5.73. The fourth-order valence-corrected chi connectivity index (χ4v) is 24.1. The summed E-state index contributed by atoms with van der Waals surface area (Å²) >= 11 is 0. The Balaban J connectivity index is 1.11. The topological polar surface area (TPSA) is 43.4 Å². The predicted molar refractivity (Wildman–Crippen MR) is 307 cm³/mol. The van der Waals surface area contributed by atoms with Crippen molar-refractivity contribution in [1.29, 1.82) is 0 Å². The molecule has 4 aliphatic rings. The molecule has 0 aromatic heterocycles. The van der Waals surface area contributed by atoms with Gasteiger partial charge in [-0.2, -0.15) is 0 Å². The van der Waals surface area contributed by atoms with E-state index in [0.717, 1.165) is 0 Å². The standard InChI is InChI=1S/C68H20N2O4/c1-71-3-5-73-7-69-66-61-53-43-33-23-15-10-9-11-13-12(10)21-25(23)35-39-29(21)30-22(13)26-24-16(11)20-18-14(9)17-19(15)31(33)41-37-27(17)28(18)38-42-32(20)34(24)44-48-36(26)40(30)50-49(39)59(57(61)47(35)43)65-60(50)58(48)62-54(44)52(42)56-46(38)45(37)55(51(41)53)63(66)64(56)67(62)70(68(65)69)8-74-6-4-72-2/h66,68H,3-8H2,1-2H3. The van der Waals surface area contributed by atoms with E-state index < -0.39 is 0 Å². The molecule has 3 aliphatic heterocycles. The molecule has 0 amide bonds. The third-order valence-electron chi connectivity index (χ3n) is 24.7. The van der Waals surface area contributed by atoms with Crippen molar-refractivity contribution in [2.75, 3.05) is 59.0 Å². The molecule has 2 unspecified atom stereocenters. The summed E-state index contributed by atoms with van der Waals surface area (Å²) in [5, 5.41) is 86.1. The number of anilines is 1. The second kappa shape index (κ2) is 7.55. The molecule has 3 heterocycles. The molecule has 28 aromatic carbocycles. The largest absolute Gasteiger partial charge is 0.382 e. The maximum atomic E-state index is 7.14. The van der Waals surface area contributed by atoms with E-state index in [0.29, 0.717) is 39.9 Å². The summed E-state index contributed by atoms with van der Waals surface area (Å²) in [6, 6.07) is -0.0329. The molecule has 1 aliphatic carbocycles. The van der Waals surface area contributed by atoms with Gasteiger partial charge in [0.05, 0.1) is 38.2 Å². The first-order valence-corrected chi connectivity index (χ1v) is 27.3. The number of hydrogen-bond acceptors (Lipinski definition) is 6. The minimum atomic E-state index is -0.149. The molecular weight excluding hydrogens is 909 g/mol. The number of benzene rings is 17. The molecule has 74 heavy (non-hydrogen) atoms. The van der Waals surface area contributed by atoms with Crippen molar-refractivity contribution < 1.29 is 18.9 Å². The molecule has 0 fully saturated rings. The molecule has 0 radical (unpaired) electrons. The van der Waals surface area contributed by atoms with E-state index >= 15 is 0 Å². The summed E-state index contributed by atoms with van der Waals surface area (Å²) in [6.45, 7) is 3.15. The van der Waals surface area contributed by atoms with Gasteiger partial charge in [-0.25, -0.2) is 4.90 Å². The third-order valence-corrected chi connectivity index (χ3v) is 24.7. The number of methoxy groups -OCH3 is 2. The van der Waals surface area contributed by atoms with Crippen LogP contribution >= 0.6 is 0 Å². The average Bonchev–Trinajstić information content (AvgIpc) is 4.34. The average molecular weight is 929 g/mol. The van der Waals surface area contributed by atoms with Crippen LogP contribution in [0.15, 0.2) is 0 Å². The third kappa shape index (κ3) is 1.84. The van der Waals surface area contributed by atoms with Crippen LogP contribution in [0.5, 0.6) is 0 Å². The van der Waals surface area contributed by atoms with Gasteiger partial charge < -0.3 is 23.8 Å². The predicted octanol–water partition coefficient (Wildman–Crippen LogP) is 16.9. The Morgan fingerprint density at radius 3 is 0.824 bits per heavy atom. The lowest BCUT2D eigenvalue weighted by molar-refractivity contribution is -0.0342. The number of nitrogens with zero attached hydrogens (tertiary/aromatic N) is 2. The highest BCUT2D eigenvalue weighted by Gasteiger charge is 2.56. The molecule has 3 bridgehead atoms. The molecule has 6 nitrogen and oxygen atoms in total. The normalized spacial score (nSPS) is 19.9. The molecule has 0 saturated heterocycles. The van der Waals surface area contributed by atoms with Gasteiger partial charge in [0.1, 0.15) is 19.6 Å². The van der Waals surface area contributed by atoms with Gasteiger partial charge >= 0.3 is 0 Å². The minimum Gasteiger partial charge on any atom is -0.382 e. The molecule has 28 aromatic rings. The van der Waals surface area contributed by atoms with E-state index in [4.69, 9.17) is 18.9 Å². The van der Waals surface area contributed by atoms with Crippen LogP contribution in [0, 0.1) is 0 Å². The van der Waals surface area contributed by atoms with Crippen LogP contribution in [0.2, 0.25) is 0 Å². The van der Waals surface area contributed by atoms with Crippen LogP contribution in [0.3, 0.4) is 0 Å². The van der Waals surface area contributed by atoms with Crippen molar-refractivity contribution in [1.82, 2.24) is 4.90 Å². The maximum absolute atomic E-state index is 7.14. The van der Waals surface area contributed by atoms with Crippen LogP contribution < -0.4 is 4.90 Å². The van der Waals surface area contributed by atoms with E-state index in [1.807, 2.05) is 14.2 Å². The summed E-state index contributed by atoms with van der Waals surface area (Å²) in [5.41, 5.74) is 6.09. The summed E-state index contributed by atoms with van der Waals surface area (Å²) in [7, 11) is 3.62. The number of hydrogen-bond donors (Lipinski definition) is 0. The van der Waals surface area contributed by atoms with Gasteiger partial charge in [-0.05, 0) is 189 Å². The van der Waals surface area contributed by atoms with Gasteiger partial charge in [0, 0.05) is 133 Å². The van der Waals surface area contributed by atoms with Crippen molar-refractivity contribution in [2.45, 2.75) is 12.2 Å². The van der Waals surface area contributed by atoms with E-state index in [1.165, 1.54) is 22.0 Å². The zero-order valence-electron chi connectivity index (χ0n) is 38.9. The van der Waals surface area contributed by atoms with Crippen molar-refractivity contribution in [3.63, 3.8) is 0 Å². The molecule has 32 rings (SSSR count). The van der Waals surface area contributed by atoms with Crippen molar-refractivity contribution in [3.8, 4) is 0 Å². The van der Waals surface area contributed by atoms with Crippen LogP contribution in [0.1, 0.15) is 28.9 Å². The fourth-order valence-electron chi connectivity index (χ4n) is 24.1. The van der Waals surface area contributed by atoms with E-state index in [1.54, 1.807) is 291 Å². The zero-order chi connectivity index (χ0) is 44.9. The highest BCUT2D eigenvalue weighted by atomic mass is 16.5. The Kier molecular flexibility index (Phi) is 3.09. The molecule has 0 saturated carbocycles. The monoisotopic (exact) mass is 928 g/mol. The van der Waals surface area contributed by atoms with Gasteiger partial charge in [0.15, 0.2) is 0 Å².